The van der Waals surface area contributed by atoms with Crippen LogP contribution in [0, 0.1) is 5.92 Å². The molecular formula is C15H35FN2O. The first-order valence-electron chi connectivity index (χ1n) is 7.74. The molecule has 0 amide bonds. The molecule has 118 valence electrons. The summed E-state index contributed by atoms with van der Waals surface area (Å²) in [6, 6.07) is 1.66. The Morgan fingerprint density at radius 1 is 1.05 bits per heavy atom. The van der Waals surface area contributed by atoms with Crippen LogP contribution in [0.2, 0.25) is 0 Å². The van der Waals surface area contributed by atoms with Gasteiger partial charge in [0.2, 0.25) is 0 Å². The van der Waals surface area contributed by atoms with Crippen LogP contribution in [0.25, 0.3) is 0 Å². The van der Waals surface area contributed by atoms with Crippen molar-refractivity contribution in [1.82, 2.24) is 10.2 Å². The van der Waals surface area contributed by atoms with E-state index in [4.69, 9.17) is 0 Å². The molecule has 19 heavy (non-hydrogen) atoms. The molecule has 3 N–H and O–H groups in total. The van der Waals surface area contributed by atoms with Gasteiger partial charge >= 0.3 is 0 Å². The van der Waals surface area contributed by atoms with Gasteiger partial charge in [0.05, 0.1) is 0 Å². The maximum absolute atomic E-state index is 3.46. The topological polar surface area (TPSA) is 46.8 Å². The zero-order chi connectivity index (χ0) is 12.7. The van der Waals surface area contributed by atoms with E-state index in [1.54, 1.807) is 0 Å². The van der Waals surface area contributed by atoms with E-state index in [0.717, 1.165) is 18.0 Å². The standard InChI is InChI=1S/C13H26N2.C2H6.FH.H2O/c1-11(2)15(13-4-3-5-13)10-12-6-8-14-9-7-12;1-2;;/h11-14H,3-10H2,1-2H3;1-2H3;1H;1H2. The average Bonchev–Trinajstić information content (AvgIpc) is 2.30. The first-order valence-corrected chi connectivity index (χ1v) is 7.74. The van der Waals surface area contributed by atoms with E-state index in [9.17, 15) is 0 Å². The summed E-state index contributed by atoms with van der Waals surface area (Å²) in [5.74, 6) is 0.953. The molecule has 0 radical (unpaired) electrons. The Balaban J connectivity index is 0. The smallest absolute Gasteiger partial charge is 0.00980 e. The van der Waals surface area contributed by atoms with Crippen molar-refractivity contribution in [3.05, 3.63) is 0 Å². The van der Waals surface area contributed by atoms with Crippen LogP contribution in [-0.2, 0) is 0 Å². The summed E-state index contributed by atoms with van der Waals surface area (Å²) in [7, 11) is 0. The number of hydrogen-bond acceptors (Lipinski definition) is 2. The van der Waals surface area contributed by atoms with Crippen molar-refractivity contribution in [2.75, 3.05) is 19.6 Å². The SMILES string of the molecule is CC.CC(C)N(CC1CCNCC1)C1CCC1.F.O. The summed E-state index contributed by atoms with van der Waals surface area (Å²) < 4.78 is 0. The van der Waals surface area contributed by atoms with Crippen molar-refractivity contribution in [3.8, 4) is 0 Å². The molecule has 0 atom stereocenters. The van der Waals surface area contributed by atoms with Crippen LogP contribution in [0.1, 0.15) is 59.8 Å². The largest absolute Gasteiger partial charge is 0.412 e. The summed E-state index contributed by atoms with van der Waals surface area (Å²) >= 11 is 0. The van der Waals surface area contributed by atoms with E-state index < -0.39 is 0 Å². The Hall–Kier alpha value is -0.190. The lowest BCUT2D eigenvalue weighted by Crippen LogP contribution is -2.48. The summed E-state index contributed by atoms with van der Waals surface area (Å²) in [6.07, 6.45) is 7.12. The van der Waals surface area contributed by atoms with Crippen molar-refractivity contribution in [2.45, 2.75) is 71.9 Å². The molecule has 0 bridgehead atoms. The first-order chi connectivity index (χ1) is 8.27. The molecule has 1 aliphatic heterocycles. The van der Waals surface area contributed by atoms with Gasteiger partial charge in [-0.15, -0.1) is 0 Å². The second kappa shape index (κ2) is 11.6. The van der Waals surface area contributed by atoms with Gasteiger partial charge in [0.1, 0.15) is 0 Å². The predicted molar refractivity (Wildman–Crippen MR) is 82.5 cm³/mol. The molecule has 0 aromatic carbocycles. The fraction of sp³-hybridized carbons (Fsp3) is 1.00. The average molecular weight is 278 g/mol. The molecule has 0 aromatic rings. The van der Waals surface area contributed by atoms with Crippen LogP contribution in [0.4, 0.5) is 4.70 Å². The summed E-state index contributed by atoms with van der Waals surface area (Å²) in [6.45, 7) is 12.5. The normalized spacial score (nSPS) is 19.9. The number of rotatable bonds is 4. The van der Waals surface area contributed by atoms with Crippen molar-refractivity contribution in [3.63, 3.8) is 0 Å². The van der Waals surface area contributed by atoms with Gasteiger partial charge in [-0.1, -0.05) is 20.3 Å². The van der Waals surface area contributed by atoms with Crippen LogP contribution < -0.4 is 5.32 Å². The van der Waals surface area contributed by atoms with E-state index in [1.165, 1.54) is 51.7 Å². The molecule has 4 heteroatoms. The summed E-state index contributed by atoms with van der Waals surface area (Å²) in [5, 5.41) is 3.46. The van der Waals surface area contributed by atoms with Crippen molar-refractivity contribution in [1.29, 1.82) is 0 Å². The maximum Gasteiger partial charge on any atom is 0.00980 e. The Labute approximate surface area is 118 Å². The number of halogens is 1. The number of hydrogen-bond donors (Lipinski definition) is 1. The third kappa shape index (κ3) is 6.68. The van der Waals surface area contributed by atoms with E-state index in [0.29, 0.717) is 0 Å². The van der Waals surface area contributed by atoms with Crippen LogP contribution in [0.3, 0.4) is 0 Å². The third-order valence-electron chi connectivity index (χ3n) is 4.13. The second-order valence-corrected chi connectivity index (χ2v) is 5.57. The minimum atomic E-state index is 0. The van der Waals surface area contributed by atoms with Crippen molar-refractivity contribution in [2.24, 2.45) is 5.92 Å². The predicted octanol–water partition coefficient (Wildman–Crippen LogP) is 2.60. The monoisotopic (exact) mass is 278 g/mol. The number of nitrogens with zero attached hydrogens (tertiary/aromatic N) is 1. The fourth-order valence-corrected chi connectivity index (χ4v) is 2.86. The molecule has 2 rings (SSSR count). The van der Waals surface area contributed by atoms with Gasteiger partial charge < -0.3 is 10.8 Å². The van der Waals surface area contributed by atoms with Crippen LogP contribution in [0.15, 0.2) is 0 Å². The highest BCUT2D eigenvalue weighted by Gasteiger charge is 2.28. The molecule has 0 aromatic heterocycles. The van der Waals surface area contributed by atoms with Crippen LogP contribution in [0.5, 0.6) is 0 Å². The highest BCUT2D eigenvalue weighted by molar-refractivity contribution is 4.84. The molecule has 0 spiro atoms. The fourth-order valence-electron chi connectivity index (χ4n) is 2.86. The molecule has 2 aliphatic rings. The van der Waals surface area contributed by atoms with E-state index >= 15 is 0 Å². The number of piperidine rings is 1. The first kappa shape index (κ1) is 21.1. The Morgan fingerprint density at radius 3 is 1.95 bits per heavy atom. The molecule has 3 nitrogen and oxygen atoms in total. The maximum atomic E-state index is 3.46. The number of nitrogens with one attached hydrogen (secondary N) is 1. The molecule has 2 fully saturated rings. The van der Waals surface area contributed by atoms with E-state index in [2.05, 4.69) is 24.1 Å². The zero-order valence-corrected chi connectivity index (χ0v) is 13.2. The van der Waals surface area contributed by atoms with Gasteiger partial charge in [-0.25, -0.2) is 0 Å². The van der Waals surface area contributed by atoms with Gasteiger partial charge in [-0.2, -0.15) is 0 Å². The second-order valence-electron chi connectivity index (χ2n) is 5.57. The minimum Gasteiger partial charge on any atom is -0.412 e. The molecule has 1 heterocycles. The highest BCUT2D eigenvalue weighted by atomic mass is 19.0. The van der Waals surface area contributed by atoms with E-state index in [1.807, 2.05) is 13.8 Å². The van der Waals surface area contributed by atoms with Crippen LogP contribution in [-0.4, -0.2) is 42.1 Å². The molecule has 1 saturated heterocycles. The Morgan fingerprint density at radius 2 is 1.58 bits per heavy atom. The van der Waals surface area contributed by atoms with Gasteiger partial charge in [0, 0.05) is 18.6 Å². The van der Waals surface area contributed by atoms with Gasteiger partial charge in [0.15, 0.2) is 0 Å². The quantitative estimate of drug-likeness (QED) is 0.859. The molecular weight excluding hydrogens is 243 g/mol. The summed E-state index contributed by atoms with van der Waals surface area (Å²) in [4.78, 5) is 2.76. The third-order valence-corrected chi connectivity index (χ3v) is 4.13. The summed E-state index contributed by atoms with van der Waals surface area (Å²) in [5.41, 5.74) is 0. The Kier molecular flexibility index (Phi) is 12.9. The molecule has 0 unspecified atom stereocenters. The van der Waals surface area contributed by atoms with Gasteiger partial charge in [-0.05, 0) is 58.5 Å². The molecule has 1 aliphatic carbocycles. The lowest BCUT2D eigenvalue weighted by atomic mass is 9.88. The lowest BCUT2D eigenvalue weighted by Gasteiger charge is -2.42. The van der Waals surface area contributed by atoms with Crippen molar-refractivity contribution >= 4 is 0 Å². The van der Waals surface area contributed by atoms with Crippen molar-refractivity contribution < 1.29 is 10.2 Å². The highest BCUT2D eigenvalue weighted by Crippen LogP contribution is 2.28. The minimum absolute atomic E-state index is 0. The lowest BCUT2D eigenvalue weighted by molar-refractivity contribution is 0.0699. The van der Waals surface area contributed by atoms with Gasteiger partial charge in [0.25, 0.3) is 0 Å². The van der Waals surface area contributed by atoms with E-state index in [-0.39, 0.29) is 10.2 Å². The van der Waals surface area contributed by atoms with Crippen LogP contribution >= 0.6 is 0 Å². The Bertz CT molecular complexity index is 193. The molecule has 1 saturated carbocycles. The zero-order valence-electron chi connectivity index (χ0n) is 13.2. The van der Waals surface area contributed by atoms with Gasteiger partial charge in [-0.3, -0.25) is 9.60 Å².